The molecule has 0 spiro atoms. The fraction of sp³-hybridized carbons (Fsp3) is 0.571. The minimum Gasteiger partial charge on any atom is -0.497 e. The highest BCUT2D eigenvalue weighted by atomic mass is 32.2. The van der Waals surface area contributed by atoms with Crippen molar-refractivity contribution in [2.24, 2.45) is 0 Å². The number of anilines is 1. The van der Waals surface area contributed by atoms with Gasteiger partial charge in [-0.3, -0.25) is 0 Å². The normalized spacial score (nSPS) is 19.7. The zero-order chi connectivity index (χ0) is 15.5. The molecule has 1 aliphatic rings. The van der Waals surface area contributed by atoms with Crippen LogP contribution in [0.3, 0.4) is 0 Å². The van der Waals surface area contributed by atoms with E-state index in [0.717, 1.165) is 19.3 Å². The molecule has 1 aromatic carbocycles. The molecule has 1 saturated heterocycles. The van der Waals surface area contributed by atoms with Crippen molar-refractivity contribution in [1.82, 2.24) is 4.31 Å². The molecule has 0 bridgehead atoms. The standard InChI is InChI=1S/C14H22N2O4S/c1-16(10-12-5-3-4-8-20-12)21(17,18)14-7-6-11(19-2)9-13(14)15/h6-7,9,12H,3-5,8,10,15H2,1-2H3. The summed E-state index contributed by atoms with van der Waals surface area (Å²) in [5, 5.41) is 0. The Balaban J connectivity index is 2.16. The summed E-state index contributed by atoms with van der Waals surface area (Å²) in [7, 11) is -0.559. The van der Waals surface area contributed by atoms with E-state index in [0.29, 0.717) is 18.9 Å². The van der Waals surface area contributed by atoms with Crippen LogP contribution >= 0.6 is 0 Å². The maximum absolute atomic E-state index is 12.6. The van der Waals surface area contributed by atoms with Crippen LogP contribution in [0.25, 0.3) is 0 Å². The predicted octanol–water partition coefficient (Wildman–Crippen LogP) is 1.47. The van der Waals surface area contributed by atoms with Gasteiger partial charge in [0.25, 0.3) is 0 Å². The second kappa shape index (κ2) is 6.64. The SMILES string of the molecule is COc1ccc(S(=O)(=O)N(C)CC2CCCCO2)c(N)c1. The molecule has 118 valence electrons. The Hall–Kier alpha value is -1.31. The van der Waals surface area contributed by atoms with Crippen molar-refractivity contribution in [2.45, 2.75) is 30.3 Å². The first-order valence-corrected chi connectivity index (χ1v) is 8.40. The third-order valence-corrected chi connectivity index (χ3v) is 5.54. The number of nitrogen functional groups attached to an aromatic ring is 1. The molecule has 1 aliphatic heterocycles. The van der Waals surface area contributed by atoms with Crippen LogP contribution in [-0.2, 0) is 14.8 Å². The maximum Gasteiger partial charge on any atom is 0.244 e. The van der Waals surface area contributed by atoms with E-state index in [4.69, 9.17) is 15.2 Å². The molecule has 6 nitrogen and oxygen atoms in total. The molecule has 1 fully saturated rings. The second-order valence-electron chi connectivity index (χ2n) is 5.18. The van der Waals surface area contributed by atoms with E-state index in [2.05, 4.69) is 0 Å². The Morgan fingerprint density at radius 2 is 2.19 bits per heavy atom. The molecule has 0 radical (unpaired) electrons. The highest BCUT2D eigenvalue weighted by Gasteiger charge is 2.27. The molecule has 21 heavy (non-hydrogen) atoms. The second-order valence-corrected chi connectivity index (χ2v) is 7.19. The summed E-state index contributed by atoms with van der Waals surface area (Å²) in [4.78, 5) is 0.0987. The number of hydrogen-bond donors (Lipinski definition) is 1. The number of ether oxygens (including phenoxy) is 2. The average molecular weight is 314 g/mol. The highest BCUT2D eigenvalue weighted by Crippen LogP contribution is 2.26. The Kier molecular flexibility index (Phi) is 5.08. The molecule has 1 aromatic rings. The predicted molar refractivity (Wildman–Crippen MR) is 80.8 cm³/mol. The van der Waals surface area contributed by atoms with Crippen molar-refractivity contribution < 1.29 is 17.9 Å². The van der Waals surface area contributed by atoms with Gasteiger partial charge in [0, 0.05) is 26.3 Å². The van der Waals surface area contributed by atoms with Crippen LogP contribution in [0.2, 0.25) is 0 Å². The quantitative estimate of drug-likeness (QED) is 0.832. The summed E-state index contributed by atoms with van der Waals surface area (Å²) >= 11 is 0. The molecule has 2 rings (SSSR count). The van der Waals surface area contributed by atoms with E-state index in [-0.39, 0.29) is 16.7 Å². The van der Waals surface area contributed by atoms with E-state index in [1.54, 1.807) is 13.1 Å². The zero-order valence-electron chi connectivity index (χ0n) is 12.4. The summed E-state index contributed by atoms with van der Waals surface area (Å²) in [5.74, 6) is 0.532. The molecule has 1 atom stereocenters. The molecule has 7 heteroatoms. The summed E-state index contributed by atoms with van der Waals surface area (Å²) < 4.78 is 37.1. The lowest BCUT2D eigenvalue weighted by molar-refractivity contribution is 0.00859. The summed E-state index contributed by atoms with van der Waals surface area (Å²) in [6.07, 6.45) is 2.96. The van der Waals surface area contributed by atoms with Crippen molar-refractivity contribution >= 4 is 15.7 Å². The molecule has 2 N–H and O–H groups in total. The van der Waals surface area contributed by atoms with Gasteiger partial charge in [-0.25, -0.2) is 8.42 Å². The monoisotopic (exact) mass is 314 g/mol. The lowest BCUT2D eigenvalue weighted by atomic mass is 10.1. The van der Waals surface area contributed by atoms with Gasteiger partial charge in [-0.1, -0.05) is 0 Å². The van der Waals surface area contributed by atoms with Crippen LogP contribution < -0.4 is 10.5 Å². The number of methoxy groups -OCH3 is 1. The maximum atomic E-state index is 12.6. The van der Waals surface area contributed by atoms with Crippen molar-refractivity contribution in [1.29, 1.82) is 0 Å². The van der Waals surface area contributed by atoms with E-state index >= 15 is 0 Å². The number of likely N-dealkylation sites (N-methyl/N-ethyl adjacent to an activating group) is 1. The van der Waals surface area contributed by atoms with Gasteiger partial charge in [0.1, 0.15) is 10.6 Å². The smallest absolute Gasteiger partial charge is 0.244 e. The number of sulfonamides is 1. The number of nitrogens with two attached hydrogens (primary N) is 1. The van der Waals surface area contributed by atoms with Crippen molar-refractivity contribution in [3.8, 4) is 5.75 Å². The minimum atomic E-state index is -3.62. The number of nitrogens with zero attached hydrogens (tertiary/aromatic N) is 1. The zero-order valence-corrected chi connectivity index (χ0v) is 13.2. The average Bonchev–Trinajstić information content (AvgIpc) is 2.47. The van der Waals surface area contributed by atoms with Gasteiger partial charge >= 0.3 is 0 Å². The minimum absolute atomic E-state index is 0.0435. The van der Waals surface area contributed by atoms with Gasteiger partial charge in [0.2, 0.25) is 10.0 Å². The van der Waals surface area contributed by atoms with Crippen LogP contribution in [-0.4, -0.2) is 46.1 Å². The van der Waals surface area contributed by atoms with Crippen molar-refractivity contribution in [3.05, 3.63) is 18.2 Å². The summed E-state index contributed by atoms with van der Waals surface area (Å²) in [5.41, 5.74) is 6.02. The summed E-state index contributed by atoms with van der Waals surface area (Å²) in [6, 6.07) is 4.58. The lowest BCUT2D eigenvalue weighted by Gasteiger charge is -2.27. The third-order valence-electron chi connectivity index (χ3n) is 3.64. The first kappa shape index (κ1) is 16.1. The Morgan fingerprint density at radius 3 is 2.76 bits per heavy atom. The van der Waals surface area contributed by atoms with Crippen molar-refractivity contribution in [3.63, 3.8) is 0 Å². The largest absolute Gasteiger partial charge is 0.497 e. The van der Waals surface area contributed by atoms with Gasteiger partial charge in [0.15, 0.2) is 0 Å². The van der Waals surface area contributed by atoms with E-state index < -0.39 is 10.0 Å². The molecule has 1 unspecified atom stereocenters. The molecule has 0 amide bonds. The highest BCUT2D eigenvalue weighted by molar-refractivity contribution is 7.89. The fourth-order valence-corrected chi connectivity index (χ4v) is 3.69. The van der Waals surface area contributed by atoms with Gasteiger partial charge in [-0.2, -0.15) is 4.31 Å². The van der Waals surface area contributed by atoms with E-state index in [9.17, 15) is 8.42 Å². The van der Waals surface area contributed by atoms with Crippen LogP contribution in [0, 0.1) is 0 Å². The van der Waals surface area contributed by atoms with Crippen LogP contribution in [0.1, 0.15) is 19.3 Å². The third kappa shape index (κ3) is 3.66. The molecule has 1 heterocycles. The van der Waals surface area contributed by atoms with Gasteiger partial charge in [0.05, 0.1) is 18.9 Å². The molecule has 0 aromatic heterocycles. The Morgan fingerprint density at radius 1 is 1.43 bits per heavy atom. The van der Waals surface area contributed by atoms with Gasteiger partial charge in [-0.15, -0.1) is 0 Å². The van der Waals surface area contributed by atoms with E-state index in [1.807, 2.05) is 0 Å². The van der Waals surface area contributed by atoms with E-state index in [1.165, 1.54) is 23.5 Å². The first-order valence-electron chi connectivity index (χ1n) is 6.96. The fourth-order valence-electron chi connectivity index (χ4n) is 2.39. The van der Waals surface area contributed by atoms with Crippen LogP contribution in [0.5, 0.6) is 5.75 Å². The molecular weight excluding hydrogens is 292 g/mol. The molecule has 0 aliphatic carbocycles. The topological polar surface area (TPSA) is 81.9 Å². The molecular formula is C14H22N2O4S. The lowest BCUT2D eigenvalue weighted by Crippen LogP contribution is -2.37. The number of hydrogen-bond acceptors (Lipinski definition) is 5. The molecule has 0 saturated carbocycles. The number of benzene rings is 1. The first-order chi connectivity index (χ1) is 9.95. The van der Waals surface area contributed by atoms with Crippen LogP contribution in [0.4, 0.5) is 5.69 Å². The van der Waals surface area contributed by atoms with Crippen LogP contribution in [0.15, 0.2) is 23.1 Å². The number of rotatable bonds is 5. The Labute approximate surface area is 125 Å². The van der Waals surface area contributed by atoms with Gasteiger partial charge in [-0.05, 0) is 31.4 Å². The van der Waals surface area contributed by atoms with Gasteiger partial charge < -0.3 is 15.2 Å². The Bertz CT molecular complexity index is 583. The van der Waals surface area contributed by atoms with Crippen molar-refractivity contribution in [2.75, 3.05) is 33.0 Å². The summed E-state index contributed by atoms with van der Waals surface area (Å²) in [6.45, 7) is 1.04.